The quantitative estimate of drug-likeness (QED) is 0.219. The number of aliphatic carboxylic acids is 2. The van der Waals surface area contributed by atoms with Crippen molar-refractivity contribution in [2.75, 3.05) is 0 Å². The molecule has 0 aliphatic heterocycles. The van der Waals surface area contributed by atoms with Crippen molar-refractivity contribution in [1.82, 2.24) is 5.32 Å². The van der Waals surface area contributed by atoms with Crippen LogP contribution in [0.25, 0.3) is 11.1 Å². The summed E-state index contributed by atoms with van der Waals surface area (Å²) in [6.07, 6.45) is 2.43. The molecule has 0 saturated carbocycles. The van der Waals surface area contributed by atoms with Crippen molar-refractivity contribution in [2.45, 2.75) is 50.1 Å². The van der Waals surface area contributed by atoms with Crippen LogP contribution in [0.3, 0.4) is 0 Å². The van der Waals surface area contributed by atoms with Crippen LogP contribution in [0.15, 0.2) is 71.7 Å². The zero-order valence-electron chi connectivity index (χ0n) is 23.3. The molecule has 0 bridgehead atoms. The number of ketones is 1. The first-order chi connectivity index (χ1) is 20.2. The Balaban J connectivity index is 1.89. The van der Waals surface area contributed by atoms with Gasteiger partial charge < -0.3 is 27.0 Å². The van der Waals surface area contributed by atoms with Gasteiger partial charge in [-0.1, -0.05) is 54.6 Å². The minimum absolute atomic E-state index is 0.226. The van der Waals surface area contributed by atoms with Crippen molar-refractivity contribution in [3.8, 4) is 17.2 Å². The standard InChI is InChI=1S/C30H32N4O8S/c1-18(32)27(36)30(26(29(39)40)34-25(35)13-12-24(33)28(37)38)14-4-6-22(15-30)43(41,42)17-19-8-10-20(11-9-19)23-7-3-2-5-21(23)16-31/h2-11,14,18,24,26H,12-13,15,17,32-33H2,1H3,(H,34,35)(H,37,38)(H,39,40)/t18-,24-,26-,30?/m0/s1. The first-order valence-electron chi connectivity index (χ1n) is 13.2. The number of hydrogen-bond acceptors (Lipinski definition) is 9. The van der Waals surface area contributed by atoms with E-state index in [1.807, 2.05) is 0 Å². The number of nitrogens with two attached hydrogens (primary N) is 2. The maximum atomic E-state index is 13.6. The van der Waals surface area contributed by atoms with E-state index in [9.17, 15) is 38.0 Å². The second-order valence-corrected chi connectivity index (χ2v) is 12.3. The van der Waals surface area contributed by atoms with Crippen molar-refractivity contribution >= 4 is 33.5 Å². The van der Waals surface area contributed by atoms with Crippen LogP contribution in [-0.4, -0.2) is 60.4 Å². The van der Waals surface area contributed by atoms with Gasteiger partial charge in [-0.25, -0.2) is 13.2 Å². The SMILES string of the molecule is C[C@H](N)C(=O)C1([C@@H](NC(=O)CC[C@H](N)C(=O)O)C(=O)O)C=CC=C(S(=O)(=O)Cc2ccc(-c3ccccc3C#N)cc2)C1. The molecule has 1 amide bonds. The van der Waals surface area contributed by atoms with E-state index in [2.05, 4.69) is 11.4 Å². The van der Waals surface area contributed by atoms with Gasteiger partial charge in [0.15, 0.2) is 15.6 Å². The maximum absolute atomic E-state index is 13.6. The molecule has 1 aliphatic rings. The van der Waals surface area contributed by atoms with E-state index in [0.717, 1.165) is 0 Å². The Kier molecular flexibility index (Phi) is 10.4. The van der Waals surface area contributed by atoms with Crippen molar-refractivity contribution in [3.63, 3.8) is 0 Å². The zero-order valence-corrected chi connectivity index (χ0v) is 24.1. The lowest BCUT2D eigenvalue weighted by molar-refractivity contribution is -0.149. The Morgan fingerprint density at radius 1 is 1.05 bits per heavy atom. The number of Topliss-reactive ketones (excluding diaryl/α,β-unsaturated/α-hetero) is 1. The van der Waals surface area contributed by atoms with E-state index < -0.39 is 75.6 Å². The van der Waals surface area contributed by atoms with Crippen molar-refractivity contribution in [3.05, 3.63) is 82.8 Å². The summed E-state index contributed by atoms with van der Waals surface area (Å²) in [6.45, 7) is 1.32. The van der Waals surface area contributed by atoms with Gasteiger partial charge in [-0.15, -0.1) is 0 Å². The number of nitrogens with zero attached hydrogens (tertiary/aromatic N) is 1. The fraction of sp³-hybridized carbons (Fsp3) is 0.300. The molecular formula is C30H32N4O8S. The highest BCUT2D eigenvalue weighted by atomic mass is 32.2. The summed E-state index contributed by atoms with van der Waals surface area (Å²) in [4.78, 5) is 49.2. The Morgan fingerprint density at radius 3 is 2.28 bits per heavy atom. The van der Waals surface area contributed by atoms with Crippen LogP contribution in [0.5, 0.6) is 0 Å². The predicted molar refractivity (Wildman–Crippen MR) is 157 cm³/mol. The number of carbonyl (C=O) groups is 4. The van der Waals surface area contributed by atoms with Gasteiger partial charge in [-0.05, 0) is 42.2 Å². The molecule has 1 unspecified atom stereocenters. The first kappa shape index (κ1) is 32.9. The highest BCUT2D eigenvalue weighted by Gasteiger charge is 2.51. The molecule has 0 spiro atoms. The van der Waals surface area contributed by atoms with Gasteiger partial charge in [0.05, 0.1) is 28.8 Å². The van der Waals surface area contributed by atoms with Gasteiger partial charge in [-0.3, -0.25) is 14.4 Å². The molecule has 0 saturated heterocycles. The number of carboxylic acid groups (broad SMARTS) is 2. The van der Waals surface area contributed by atoms with E-state index in [1.165, 1.54) is 25.2 Å². The summed E-state index contributed by atoms with van der Waals surface area (Å²) in [5, 5.41) is 30.6. The molecule has 0 fully saturated rings. The summed E-state index contributed by atoms with van der Waals surface area (Å²) in [6, 6.07) is 11.2. The lowest BCUT2D eigenvalue weighted by atomic mass is 9.69. The average Bonchev–Trinajstić information content (AvgIpc) is 2.98. The second kappa shape index (κ2) is 13.6. The number of carboxylic acids is 2. The van der Waals surface area contributed by atoms with Gasteiger partial charge in [0, 0.05) is 17.7 Å². The molecule has 226 valence electrons. The van der Waals surface area contributed by atoms with E-state index in [-0.39, 0.29) is 11.3 Å². The third-order valence-electron chi connectivity index (χ3n) is 7.15. The van der Waals surface area contributed by atoms with E-state index in [0.29, 0.717) is 22.3 Å². The number of nitriles is 1. The van der Waals surface area contributed by atoms with Crippen LogP contribution in [0.1, 0.15) is 37.3 Å². The fourth-order valence-corrected chi connectivity index (χ4v) is 6.42. The number of nitrogens with one attached hydrogen (secondary N) is 1. The molecule has 2 aromatic carbocycles. The largest absolute Gasteiger partial charge is 0.480 e. The monoisotopic (exact) mass is 608 g/mol. The third kappa shape index (κ3) is 7.61. The van der Waals surface area contributed by atoms with E-state index in [4.69, 9.17) is 16.6 Å². The number of rotatable bonds is 13. The van der Waals surface area contributed by atoms with Gasteiger partial charge >= 0.3 is 11.9 Å². The molecule has 3 rings (SSSR count). The molecule has 12 nitrogen and oxygen atoms in total. The molecule has 0 heterocycles. The number of allylic oxidation sites excluding steroid dienone is 3. The van der Waals surface area contributed by atoms with Crippen molar-refractivity contribution < 1.29 is 37.8 Å². The van der Waals surface area contributed by atoms with Crippen molar-refractivity contribution in [1.29, 1.82) is 5.26 Å². The van der Waals surface area contributed by atoms with E-state index in [1.54, 1.807) is 48.5 Å². The van der Waals surface area contributed by atoms with Crippen LogP contribution in [0.2, 0.25) is 0 Å². The topological polar surface area (TPSA) is 231 Å². The van der Waals surface area contributed by atoms with Crippen LogP contribution in [0.4, 0.5) is 0 Å². The number of amides is 1. The van der Waals surface area contributed by atoms with Crippen LogP contribution in [0, 0.1) is 16.7 Å². The smallest absolute Gasteiger partial charge is 0.327 e. The predicted octanol–water partition coefficient (Wildman–Crippen LogP) is 1.65. The lowest BCUT2D eigenvalue weighted by Gasteiger charge is -2.38. The molecule has 43 heavy (non-hydrogen) atoms. The number of hydrogen-bond donors (Lipinski definition) is 5. The molecule has 0 aromatic heterocycles. The number of sulfone groups is 1. The third-order valence-corrected chi connectivity index (χ3v) is 8.94. The molecule has 7 N–H and O–H groups in total. The van der Waals surface area contributed by atoms with Gasteiger partial charge in [-0.2, -0.15) is 5.26 Å². The summed E-state index contributed by atoms with van der Waals surface area (Å²) in [7, 11) is -4.10. The summed E-state index contributed by atoms with van der Waals surface area (Å²) in [5.41, 5.74) is 11.5. The van der Waals surface area contributed by atoms with Crippen molar-refractivity contribution in [2.24, 2.45) is 16.9 Å². The van der Waals surface area contributed by atoms with E-state index >= 15 is 0 Å². The molecular weight excluding hydrogens is 576 g/mol. The van der Waals surface area contributed by atoms with Crippen LogP contribution < -0.4 is 16.8 Å². The average molecular weight is 609 g/mol. The minimum atomic E-state index is -4.10. The summed E-state index contributed by atoms with van der Waals surface area (Å²) in [5.74, 6) is -5.11. The Bertz CT molecular complexity index is 1620. The summed E-state index contributed by atoms with van der Waals surface area (Å²) >= 11 is 0. The Morgan fingerprint density at radius 2 is 1.70 bits per heavy atom. The highest BCUT2D eigenvalue weighted by Crippen LogP contribution is 2.40. The first-order valence-corrected chi connectivity index (χ1v) is 14.9. The number of carbonyl (C=O) groups excluding carboxylic acids is 2. The fourth-order valence-electron chi connectivity index (χ4n) is 4.86. The number of benzene rings is 2. The van der Waals surface area contributed by atoms with Crippen LogP contribution >= 0.6 is 0 Å². The van der Waals surface area contributed by atoms with Crippen LogP contribution in [-0.2, 0) is 34.8 Å². The second-order valence-electron chi connectivity index (χ2n) is 10.3. The molecule has 1 aliphatic carbocycles. The Hall–Kier alpha value is -4.64. The van der Waals surface area contributed by atoms with Gasteiger partial charge in [0.1, 0.15) is 12.1 Å². The maximum Gasteiger partial charge on any atom is 0.327 e. The normalized spacial score (nSPS) is 18.4. The lowest BCUT2D eigenvalue weighted by Crippen LogP contribution is -2.59. The molecule has 13 heteroatoms. The molecule has 2 aromatic rings. The molecule has 0 radical (unpaired) electrons. The summed E-state index contributed by atoms with van der Waals surface area (Å²) < 4.78 is 27.1. The zero-order chi connectivity index (χ0) is 31.9. The highest BCUT2D eigenvalue weighted by molar-refractivity contribution is 7.94. The molecule has 4 atom stereocenters. The minimum Gasteiger partial charge on any atom is -0.480 e. The van der Waals surface area contributed by atoms with Gasteiger partial charge in [0.25, 0.3) is 0 Å². The van der Waals surface area contributed by atoms with Gasteiger partial charge in [0.2, 0.25) is 5.91 Å². The Labute approximate surface area is 248 Å².